The van der Waals surface area contributed by atoms with Crippen LogP contribution in [0.2, 0.25) is 0 Å². The molecule has 0 bridgehead atoms. The van der Waals surface area contributed by atoms with Gasteiger partial charge in [0, 0.05) is 35.4 Å². The predicted octanol–water partition coefficient (Wildman–Crippen LogP) is 5.91. The topological polar surface area (TPSA) is 76.0 Å². The molecule has 0 spiro atoms. The predicted molar refractivity (Wildman–Crippen MR) is 140 cm³/mol. The average molecular weight is 472 g/mol. The highest BCUT2D eigenvalue weighted by Crippen LogP contribution is 2.28. The van der Waals surface area contributed by atoms with E-state index >= 15 is 0 Å². The number of aromatic amines is 1. The molecule has 1 aliphatic heterocycles. The van der Waals surface area contributed by atoms with Gasteiger partial charge in [0.15, 0.2) is 5.65 Å². The van der Waals surface area contributed by atoms with Crippen LogP contribution in [0.3, 0.4) is 0 Å². The summed E-state index contributed by atoms with van der Waals surface area (Å²) in [7, 11) is 0. The zero-order valence-corrected chi connectivity index (χ0v) is 21.4. The van der Waals surface area contributed by atoms with Crippen molar-refractivity contribution in [2.45, 2.75) is 60.1 Å². The molecule has 182 valence electrons. The van der Waals surface area contributed by atoms with Crippen LogP contribution in [0.15, 0.2) is 36.4 Å². The molecule has 5 rings (SSSR count). The Balaban J connectivity index is 1.37. The third-order valence-electron chi connectivity index (χ3n) is 6.45. The molecule has 0 saturated carbocycles. The van der Waals surface area contributed by atoms with Crippen LogP contribution in [0.25, 0.3) is 27.6 Å². The van der Waals surface area contributed by atoms with Gasteiger partial charge in [-0.05, 0) is 88.9 Å². The van der Waals surface area contributed by atoms with Crippen LogP contribution in [0.1, 0.15) is 55.5 Å². The van der Waals surface area contributed by atoms with Crippen LogP contribution in [0.4, 0.5) is 4.79 Å². The van der Waals surface area contributed by atoms with Crippen LogP contribution in [0, 0.1) is 20.8 Å². The maximum atomic E-state index is 12.4. The number of H-pyrrole nitrogens is 1. The number of fused-ring (bicyclic) bond motifs is 2. The third kappa shape index (κ3) is 4.67. The number of nitrogens with zero attached hydrogens (tertiary/aromatic N) is 4. The summed E-state index contributed by atoms with van der Waals surface area (Å²) in [6.45, 7) is 13.8. The van der Waals surface area contributed by atoms with Crippen LogP contribution in [-0.4, -0.2) is 49.2 Å². The number of benzene rings is 1. The van der Waals surface area contributed by atoms with Crippen LogP contribution in [0.5, 0.6) is 0 Å². The first-order chi connectivity index (χ1) is 16.6. The number of rotatable bonds is 3. The molecule has 1 aromatic carbocycles. The fourth-order valence-corrected chi connectivity index (χ4v) is 4.74. The zero-order valence-electron chi connectivity index (χ0n) is 21.4. The van der Waals surface area contributed by atoms with E-state index in [4.69, 9.17) is 14.7 Å². The molecule has 4 heterocycles. The minimum Gasteiger partial charge on any atom is -0.444 e. The number of ether oxygens (including phenoxy) is 1. The summed E-state index contributed by atoms with van der Waals surface area (Å²) >= 11 is 0. The number of aryl methyl sites for hydroxylation is 3. The first-order valence-corrected chi connectivity index (χ1v) is 12.2. The Bertz CT molecular complexity index is 1470. The molecule has 1 aliphatic rings. The second-order valence-corrected chi connectivity index (χ2v) is 10.5. The van der Waals surface area contributed by atoms with Gasteiger partial charge < -0.3 is 19.2 Å². The Morgan fingerprint density at radius 3 is 2.63 bits per heavy atom. The van der Waals surface area contributed by atoms with Crippen molar-refractivity contribution in [3.63, 3.8) is 0 Å². The first-order valence-electron chi connectivity index (χ1n) is 12.2. The molecule has 4 aromatic rings. The van der Waals surface area contributed by atoms with Crippen LogP contribution < -0.4 is 0 Å². The Kier molecular flexibility index (Phi) is 5.66. The number of nitrogens with one attached hydrogen (secondary N) is 1. The van der Waals surface area contributed by atoms with E-state index in [-0.39, 0.29) is 6.09 Å². The van der Waals surface area contributed by atoms with Crippen molar-refractivity contribution in [3.8, 4) is 0 Å². The van der Waals surface area contributed by atoms with Gasteiger partial charge in [0.2, 0.25) is 0 Å². The Morgan fingerprint density at radius 2 is 1.91 bits per heavy atom. The highest BCUT2D eigenvalue weighted by molar-refractivity contribution is 5.86. The first kappa shape index (κ1) is 23.1. The monoisotopic (exact) mass is 471 g/mol. The molecule has 1 N–H and O–H groups in total. The number of imidazole rings is 1. The van der Waals surface area contributed by atoms with Gasteiger partial charge in [-0.3, -0.25) is 0 Å². The van der Waals surface area contributed by atoms with E-state index in [1.54, 1.807) is 4.90 Å². The van der Waals surface area contributed by atoms with Crippen molar-refractivity contribution in [1.29, 1.82) is 0 Å². The largest absolute Gasteiger partial charge is 0.444 e. The number of aromatic nitrogens is 4. The molecule has 0 unspecified atom stereocenters. The number of carbonyl (C=O) groups excluding carboxylic acids is 1. The van der Waals surface area contributed by atoms with E-state index in [0.717, 1.165) is 52.4 Å². The minimum absolute atomic E-state index is 0.253. The van der Waals surface area contributed by atoms with Crippen molar-refractivity contribution < 1.29 is 9.53 Å². The summed E-state index contributed by atoms with van der Waals surface area (Å²) in [6.07, 6.45) is 2.66. The minimum atomic E-state index is -0.481. The van der Waals surface area contributed by atoms with Crippen molar-refractivity contribution in [3.05, 3.63) is 64.7 Å². The van der Waals surface area contributed by atoms with E-state index in [9.17, 15) is 4.79 Å². The molecule has 0 atom stereocenters. The molecule has 7 heteroatoms. The van der Waals surface area contributed by atoms with Crippen LogP contribution in [-0.2, 0) is 11.3 Å². The van der Waals surface area contributed by atoms with Crippen molar-refractivity contribution in [2.24, 2.45) is 0 Å². The molecule has 7 nitrogen and oxygen atoms in total. The van der Waals surface area contributed by atoms with Crippen molar-refractivity contribution >= 4 is 33.7 Å². The Morgan fingerprint density at radius 1 is 1.11 bits per heavy atom. The summed E-state index contributed by atoms with van der Waals surface area (Å²) in [6, 6.07) is 10.8. The maximum absolute atomic E-state index is 12.4. The fourth-order valence-electron chi connectivity index (χ4n) is 4.74. The number of carbonyl (C=O) groups is 1. The maximum Gasteiger partial charge on any atom is 0.410 e. The highest BCUT2D eigenvalue weighted by atomic mass is 16.6. The second kappa shape index (κ2) is 8.56. The normalized spacial score (nSPS) is 14.6. The lowest BCUT2D eigenvalue weighted by Crippen LogP contribution is -2.39. The van der Waals surface area contributed by atoms with Gasteiger partial charge in [-0.25, -0.2) is 14.8 Å². The smallest absolute Gasteiger partial charge is 0.410 e. The van der Waals surface area contributed by atoms with Gasteiger partial charge in [-0.15, -0.1) is 0 Å². The van der Waals surface area contributed by atoms with E-state index in [1.165, 1.54) is 16.5 Å². The van der Waals surface area contributed by atoms with Gasteiger partial charge >= 0.3 is 6.09 Å². The molecule has 0 fully saturated rings. The zero-order chi connectivity index (χ0) is 24.9. The quantitative estimate of drug-likeness (QED) is 0.403. The van der Waals surface area contributed by atoms with Crippen LogP contribution >= 0.6 is 0 Å². The molecule has 0 radical (unpaired) electrons. The van der Waals surface area contributed by atoms with Gasteiger partial charge in [0.25, 0.3) is 0 Å². The molecule has 0 saturated heterocycles. The summed E-state index contributed by atoms with van der Waals surface area (Å²) in [5.41, 5.74) is 8.26. The molecular formula is C28H33N5O2. The summed E-state index contributed by atoms with van der Waals surface area (Å²) < 4.78 is 7.70. The summed E-state index contributed by atoms with van der Waals surface area (Å²) in [4.78, 5) is 27.2. The Hall–Kier alpha value is -3.61. The molecule has 3 aromatic heterocycles. The number of amides is 1. The van der Waals surface area contributed by atoms with E-state index in [2.05, 4.69) is 52.9 Å². The molecule has 35 heavy (non-hydrogen) atoms. The Labute approximate surface area is 205 Å². The van der Waals surface area contributed by atoms with E-state index < -0.39 is 5.60 Å². The lowest BCUT2D eigenvalue weighted by molar-refractivity contribution is 0.0270. The standard InChI is InChI=1S/C28H33N5O2/c1-17-13-18(2)29-26-25(17)30-19(3)33(26)16-20-7-8-23-22(14-20)15-24(31-23)21-9-11-32(12-10-21)27(34)35-28(4,5)6/h7-9,13-15,31H,10-12,16H2,1-6H3. The number of pyridine rings is 1. The number of hydrogen-bond donors (Lipinski definition) is 1. The second-order valence-electron chi connectivity index (χ2n) is 10.5. The lowest BCUT2D eigenvalue weighted by atomic mass is 10.0. The SMILES string of the molecule is Cc1cc(C)c2nc(C)n(Cc3ccc4[nH]c(C5=CCN(C(=O)OC(C)(C)C)CC5)cc4c3)c2n1. The molecule has 1 amide bonds. The van der Waals surface area contributed by atoms with Gasteiger partial charge in [0.1, 0.15) is 16.9 Å². The number of hydrogen-bond acceptors (Lipinski definition) is 4. The van der Waals surface area contributed by atoms with Gasteiger partial charge in [0.05, 0.1) is 6.54 Å². The molecule has 0 aliphatic carbocycles. The molecular weight excluding hydrogens is 438 g/mol. The van der Waals surface area contributed by atoms with Gasteiger partial charge in [-0.1, -0.05) is 12.1 Å². The van der Waals surface area contributed by atoms with E-state index in [0.29, 0.717) is 13.1 Å². The lowest BCUT2D eigenvalue weighted by Gasteiger charge is -2.29. The highest BCUT2D eigenvalue weighted by Gasteiger charge is 2.24. The average Bonchev–Trinajstić information content (AvgIpc) is 3.34. The fraction of sp³-hybridized carbons (Fsp3) is 0.393. The third-order valence-corrected chi connectivity index (χ3v) is 6.45. The van der Waals surface area contributed by atoms with Crippen molar-refractivity contribution in [1.82, 2.24) is 24.4 Å². The van der Waals surface area contributed by atoms with Gasteiger partial charge in [-0.2, -0.15) is 0 Å². The summed E-state index contributed by atoms with van der Waals surface area (Å²) in [5.74, 6) is 0.970. The summed E-state index contributed by atoms with van der Waals surface area (Å²) in [5, 5.41) is 1.18. The van der Waals surface area contributed by atoms with E-state index in [1.807, 2.05) is 34.6 Å². The van der Waals surface area contributed by atoms with Crippen molar-refractivity contribution in [2.75, 3.05) is 13.1 Å².